The quantitative estimate of drug-likeness (QED) is 0.834. The topological polar surface area (TPSA) is 49.4 Å². The van der Waals surface area contributed by atoms with Crippen LogP contribution in [0.4, 0.5) is 0 Å². The predicted octanol–water partition coefficient (Wildman–Crippen LogP) is 1.64. The van der Waals surface area contributed by atoms with Gasteiger partial charge in [0.15, 0.2) is 0 Å². The summed E-state index contributed by atoms with van der Waals surface area (Å²) in [7, 11) is 0. The van der Waals surface area contributed by atoms with Crippen molar-refractivity contribution >= 4 is 23.4 Å². The van der Waals surface area contributed by atoms with E-state index in [1.54, 1.807) is 11.0 Å². The summed E-state index contributed by atoms with van der Waals surface area (Å²) < 4.78 is 0. The predicted molar refractivity (Wildman–Crippen MR) is 67.6 cm³/mol. The highest BCUT2D eigenvalue weighted by Gasteiger charge is 2.32. The van der Waals surface area contributed by atoms with Crippen LogP contribution < -0.4 is 5.32 Å². The Kier molecular flexibility index (Phi) is 5.48. The zero-order valence-electron chi connectivity index (χ0n) is 10.3. The third-order valence-electron chi connectivity index (χ3n) is 2.90. The summed E-state index contributed by atoms with van der Waals surface area (Å²) in [5.74, 6) is -0.0679. The first-order chi connectivity index (χ1) is 8.10. The molecule has 1 fully saturated rings. The highest BCUT2D eigenvalue weighted by atomic mass is 35.5. The van der Waals surface area contributed by atoms with E-state index in [1.165, 1.54) is 5.54 Å². The average molecular weight is 259 g/mol. The molecule has 5 heteroatoms. The molecule has 0 aromatic heterocycles. The molecule has 0 saturated carbocycles. The van der Waals surface area contributed by atoms with Gasteiger partial charge >= 0.3 is 0 Å². The van der Waals surface area contributed by atoms with Crippen LogP contribution in [0.25, 0.3) is 0 Å². The maximum absolute atomic E-state index is 12.2. The largest absolute Gasteiger partial charge is 0.344 e. The van der Waals surface area contributed by atoms with E-state index in [4.69, 9.17) is 11.6 Å². The van der Waals surface area contributed by atoms with Crippen LogP contribution in [0.2, 0.25) is 0 Å². The van der Waals surface area contributed by atoms with Crippen molar-refractivity contribution in [3.63, 3.8) is 0 Å². The summed E-state index contributed by atoms with van der Waals surface area (Å²) in [6, 6.07) is -0.474. The molecule has 1 rings (SSSR count). The van der Waals surface area contributed by atoms with Crippen LogP contribution in [-0.4, -0.2) is 35.3 Å². The van der Waals surface area contributed by atoms with Gasteiger partial charge in [-0.1, -0.05) is 31.0 Å². The second-order valence-electron chi connectivity index (χ2n) is 4.31. The molecule has 4 nitrogen and oxygen atoms in total. The first-order valence-electron chi connectivity index (χ1n) is 5.95. The molecule has 0 bridgehead atoms. The normalized spacial score (nSPS) is 26.2. The van der Waals surface area contributed by atoms with E-state index < -0.39 is 0 Å². The number of nitrogens with zero attached hydrogens (tertiary/aromatic N) is 1. The van der Waals surface area contributed by atoms with Gasteiger partial charge in [0.05, 0.1) is 0 Å². The molecule has 2 atom stereocenters. The van der Waals surface area contributed by atoms with E-state index in [9.17, 15) is 9.59 Å². The van der Waals surface area contributed by atoms with Gasteiger partial charge in [-0.3, -0.25) is 9.59 Å². The van der Waals surface area contributed by atoms with Crippen LogP contribution in [0.3, 0.4) is 0 Å². The van der Waals surface area contributed by atoms with E-state index in [-0.39, 0.29) is 23.9 Å². The van der Waals surface area contributed by atoms with E-state index in [0.29, 0.717) is 19.4 Å². The summed E-state index contributed by atoms with van der Waals surface area (Å²) >= 11 is 5.48. The molecule has 1 N–H and O–H groups in total. The highest BCUT2D eigenvalue weighted by Crippen LogP contribution is 2.14. The smallest absolute Gasteiger partial charge is 0.245 e. The summed E-state index contributed by atoms with van der Waals surface area (Å²) in [4.78, 5) is 25.5. The maximum Gasteiger partial charge on any atom is 0.245 e. The van der Waals surface area contributed by atoms with Crippen molar-refractivity contribution < 1.29 is 9.59 Å². The maximum atomic E-state index is 12.2. The van der Waals surface area contributed by atoms with Crippen LogP contribution in [0.1, 0.15) is 33.1 Å². The molecule has 17 heavy (non-hydrogen) atoms. The second kappa shape index (κ2) is 6.64. The summed E-state index contributed by atoms with van der Waals surface area (Å²) in [6.45, 7) is 4.34. The molecule has 2 amide bonds. The van der Waals surface area contributed by atoms with Crippen LogP contribution in [0.15, 0.2) is 11.6 Å². The molecule has 0 aromatic rings. The number of hydrogen-bond acceptors (Lipinski definition) is 2. The lowest BCUT2D eigenvalue weighted by atomic mass is 10.1. The molecule has 1 saturated heterocycles. The fourth-order valence-corrected chi connectivity index (χ4v) is 2.10. The number of carbonyl (C=O) groups is 2. The van der Waals surface area contributed by atoms with E-state index in [2.05, 4.69) is 5.32 Å². The zero-order valence-corrected chi connectivity index (χ0v) is 11.0. The molecule has 2 unspecified atom stereocenters. The minimum absolute atomic E-state index is 0.0139. The number of hydrogen-bond donors (Lipinski definition) is 1. The van der Waals surface area contributed by atoms with Crippen molar-refractivity contribution in [2.75, 3.05) is 6.54 Å². The van der Waals surface area contributed by atoms with Gasteiger partial charge in [0.1, 0.15) is 6.04 Å². The average Bonchev–Trinajstić information content (AvgIpc) is 2.36. The lowest BCUT2D eigenvalue weighted by Gasteiger charge is -2.27. The van der Waals surface area contributed by atoms with Crippen molar-refractivity contribution in [1.29, 1.82) is 0 Å². The number of carbonyl (C=O) groups excluding carboxylic acids is 2. The molecule has 1 aliphatic rings. The number of halogens is 1. The molecule has 96 valence electrons. The SMILES string of the molecule is CCCC1NC(=O)CC(C)N(C/C=C/Cl)C1=O. The number of amides is 2. The van der Waals surface area contributed by atoms with Crippen LogP contribution in [0, 0.1) is 0 Å². The van der Waals surface area contributed by atoms with Crippen LogP contribution in [-0.2, 0) is 9.59 Å². The van der Waals surface area contributed by atoms with Gasteiger partial charge in [-0.15, -0.1) is 0 Å². The third-order valence-corrected chi connectivity index (χ3v) is 3.08. The van der Waals surface area contributed by atoms with Crippen molar-refractivity contribution in [3.05, 3.63) is 11.6 Å². The standard InChI is InChI=1S/C12H19ClN2O2/c1-3-5-10-12(17)15(7-4-6-13)9(2)8-11(16)14-10/h4,6,9-10H,3,5,7-8H2,1-2H3,(H,14,16)/b6-4+. The van der Waals surface area contributed by atoms with Crippen LogP contribution in [0.5, 0.6) is 0 Å². The minimum Gasteiger partial charge on any atom is -0.344 e. The minimum atomic E-state index is -0.388. The Morgan fingerprint density at radius 1 is 1.53 bits per heavy atom. The number of rotatable bonds is 4. The Labute approximate surface area is 107 Å². The lowest BCUT2D eigenvalue weighted by molar-refractivity contribution is -0.134. The monoisotopic (exact) mass is 258 g/mol. The van der Waals surface area contributed by atoms with Gasteiger partial charge in [0, 0.05) is 24.5 Å². The second-order valence-corrected chi connectivity index (χ2v) is 4.57. The summed E-state index contributed by atoms with van der Waals surface area (Å²) in [5, 5.41) is 2.78. The van der Waals surface area contributed by atoms with Crippen molar-refractivity contribution in [1.82, 2.24) is 10.2 Å². The molecule has 1 heterocycles. The Hall–Kier alpha value is -1.03. The third kappa shape index (κ3) is 3.73. The Morgan fingerprint density at radius 3 is 2.82 bits per heavy atom. The molecule has 0 aliphatic carbocycles. The molecule has 0 radical (unpaired) electrons. The molecular formula is C12H19ClN2O2. The molecular weight excluding hydrogens is 240 g/mol. The van der Waals surface area contributed by atoms with Gasteiger partial charge in [0.2, 0.25) is 11.8 Å². The fourth-order valence-electron chi connectivity index (χ4n) is 2.02. The zero-order chi connectivity index (χ0) is 12.8. The van der Waals surface area contributed by atoms with E-state index in [0.717, 1.165) is 6.42 Å². The Morgan fingerprint density at radius 2 is 2.24 bits per heavy atom. The van der Waals surface area contributed by atoms with Gasteiger partial charge in [-0.2, -0.15) is 0 Å². The summed E-state index contributed by atoms with van der Waals surface area (Å²) in [5.41, 5.74) is 1.40. The fraction of sp³-hybridized carbons (Fsp3) is 0.667. The van der Waals surface area contributed by atoms with E-state index >= 15 is 0 Å². The van der Waals surface area contributed by atoms with Gasteiger partial charge in [0.25, 0.3) is 0 Å². The lowest BCUT2D eigenvalue weighted by Crippen LogP contribution is -2.46. The van der Waals surface area contributed by atoms with Gasteiger partial charge < -0.3 is 10.2 Å². The molecule has 1 aliphatic heterocycles. The first-order valence-corrected chi connectivity index (χ1v) is 6.38. The van der Waals surface area contributed by atoms with Crippen molar-refractivity contribution in [2.45, 2.75) is 45.2 Å². The Balaban J connectivity index is 2.84. The molecule has 0 spiro atoms. The van der Waals surface area contributed by atoms with Gasteiger partial charge in [-0.05, 0) is 13.3 Å². The van der Waals surface area contributed by atoms with Gasteiger partial charge in [-0.25, -0.2) is 0 Å². The number of nitrogens with one attached hydrogen (secondary N) is 1. The first kappa shape index (κ1) is 14.0. The van der Waals surface area contributed by atoms with Crippen molar-refractivity contribution in [3.8, 4) is 0 Å². The van der Waals surface area contributed by atoms with Crippen molar-refractivity contribution in [2.24, 2.45) is 0 Å². The molecule has 0 aromatic carbocycles. The highest BCUT2D eigenvalue weighted by molar-refractivity contribution is 6.25. The van der Waals surface area contributed by atoms with E-state index in [1.807, 2.05) is 13.8 Å². The Bertz CT molecular complexity index is 318. The van der Waals surface area contributed by atoms with Crippen LogP contribution >= 0.6 is 11.6 Å². The summed E-state index contributed by atoms with van der Waals surface area (Å²) in [6.07, 6.45) is 3.61.